The van der Waals surface area contributed by atoms with E-state index in [-0.39, 0.29) is 12.3 Å². The van der Waals surface area contributed by atoms with E-state index < -0.39 is 10.0 Å². The first-order valence-corrected chi connectivity index (χ1v) is 7.94. The zero-order valence-corrected chi connectivity index (χ0v) is 12.4. The van der Waals surface area contributed by atoms with E-state index in [1.54, 1.807) is 49.8 Å². The maximum atomic E-state index is 12.3. The number of rotatable bonds is 5. The third kappa shape index (κ3) is 4.12. The number of hydrogen-bond donors (Lipinski definition) is 0. The van der Waals surface area contributed by atoms with Crippen molar-refractivity contribution in [3.05, 3.63) is 65.5 Å². The summed E-state index contributed by atoms with van der Waals surface area (Å²) in [5, 5.41) is 8.73. The highest BCUT2D eigenvalue weighted by atomic mass is 32.2. The zero-order valence-electron chi connectivity index (χ0n) is 11.6. The molecule has 0 atom stereocenters. The van der Waals surface area contributed by atoms with Crippen LogP contribution in [0.2, 0.25) is 0 Å². The molecule has 1 heterocycles. The molecule has 2 aromatic rings. The number of aromatic nitrogens is 1. The molecule has 0 N–H and O–H groups in total. The molecular formula is C15H15N3O2S. The number of sulfonamides is 1. The van der Waals surface area contributed by atoms with Crippen LogP contribution in [0.1, 0.15) is 16.7 Å². The minimum absolute atomic E-state index is 0.0878. The highest BCUT2D eigenvalue weighted by molar-refractivity contribution is 7.88. The van der Waals surface area contributed by atoms with Crippen molar-refractivity contribution >= 4 is 10.0 Å². The van der Waals surface area contributed by atoms with E-state index in [0.717, 1.165) is 5.56 Å². The van der Waals surface area contributed by atoms with Crippen molar-refractivity contribution in [3.63, 3.8) is 0 Å². The first kappa shape index (κ1) is 15.2. The summed E-state index contributed by atoms with van der Waals surface area (Å²) in [6.45, 7) is 0.284. The van der Waals surface area contributed by atoms with Gasteiger partial charge in [0.05, 0.1) is 17.4 Å². The summed E-state index contributed by atoms with van der Waals surface area (Å²) < 4.78 is 25.9. The van der Waals surface area contributed by atoms with Gasteiger partial charge >= 0.3 is 0 Å². The molecule has 0 aliphatic heterocycles. The Balaban J connectivity index is 2.08. The summed E-state index contributed by atoms with van der Waals surface area (Å²) in [7, 11) is -1.86. The summed E-state index contributed by atoms with van der Waals surface area (Å²) in [5.74, 6) is -0.0878. The van der Waals surface area contributed by atoms with Gasteiger partial charge in [-0.05, 0) is 29.3 Å². The van der Waals surface area contributed by atoms with E-state index in [2.05, 4.69) is 4.98 Å². The van der Waals surface area contributed by atoms with Crippen LogP contribution in [-0.2, 0) is 22.3 Å². The average Bonchev–Trinajstić information content (AvgIpc) is 2.48. The molecule has 0 fully saturated rings. The van der Waals surface area contributed by atoms with Crippen LogP contribution in [0.4, 0.5) is 0 Å². The van der Waals surface area contributed by atoms with Gasteiger partial charge in [0.1, 0.15) is 0 Å². The van der Waals surface area contributed by atoms with Crippen LogP contribution in [-0.4, -0.2) is 24.8 Å². The standard InChI is InChI=1S/C15H15N3O2S/c1-18(11-15-3-2-8-17-10-15)21(19,20)12-14-6-4-13(9-16)5-7-14/h2-8,10H,11-12H2,1H3. The predicted octanol–water partition coefficient (Wildman–Crippen LogP) is 1.92. The third-order valence-corrected chi connectivity index (χ3v) is 4.81. The van der Waals surface area contributed by atoms with E-state index in [9.17, 15) is 8.42 Å². The Labute approximate surface area is 124 Å². The Morgan fingerprint density at radius 1 is 1.19 bits per heavy atom. The average molecular weight is 301 g/mol. The fraction of sp³-hybridized carbons (Fsp3) is 0.200. The minimum Gasteiger partial charge on any atom is -0.264 e. The predicted molar refractivity (Wildman–Crippen MR) is 79.5 cm³/mol. The van der Waals surface area contributed by atoms with Gasteiger partial charge in [0, 0.05) is 26.0 Å². The van der Waals surface area contributed by atoms with Crippen LogP contribution < -0.4 is 0 Å². The SMILES string of the molecule is CN(Cc1cccnc1)S(=O)(=O)Cc1ccc(C#N)cc1. The molecule has 0 aliphatic rings. The lowest BCUT2D eigenvalue weighted by molar-refractivity contribution is 0.465. The number of hydrogen-bond acceptors (Lipinski definition) is 4. The van der Waals surface area contributed by atoms with Crippen molar-refractivity contribution in [2.24, 2.45) is 0 Å². The second-order valence-electron chi connectivity index (χ2n) is 4.68. The van der Waals surface area contributed by atoms with Gasteiger partial charge in [-0.3, -0.25) is 4.98 Å². The van der Waals surface area contributed by atoms with Crippen LogP contribution >= 0.6 is 0 Å². The van der Waals surface area contributed by atoms with Crippen molar-refractivity contribution in [2.45, 2.75) is 12.3 Å². The Morgan fingerprint density at radius 3 is 2.48 bits per heavy atom. The van der Waals surface area contributed by atoms with E-state index >= 15 is 0 Å². The largest absolute Gasteiger partial charge is 0.264 e. The minimum atomic E-state index is -3.41. The quantitative estimate of drug-likeness (QED) is 0.845. The van der Waals surface area contributed by atoms with Crippen LogP contribution in [0.5, 0.6) is 0 Å². The molecule has 108 valence electrons. The third-order valence-electron chi connectivity index (χ3n) is 3.03. The molecule has 0 spiro atoms. The molecule has 1 aromatic heterocycles. The maximum absolute atomic E-state index is 12.3. The number of nitriles is 1. The Morgan fingerprint density at radius 2 is 1.90 bits per heavy atom. The number of benzene rings is 1. The molecule has 5 nitrogen and oxygen atoms in total. The molecule has 21 heavy (non-hydrogen) atoms. The molecule has 2 rings (SSSR count). The van der Waals surface area contributed by atoms with Gasteiger partial charge in [-0.2, -0.15) is 5.26 Å². The lowest BCUT2D eigenvalue weighted by Gasteiger charge is -2.17. The van der Waals surface area contributed by atoms with E-state index in [4.69, 9.17) is 5.26 Å². The summed E-state index contributed by atoms with van der Waals surface area (Å²) >= 11 is 0. The smallest absolute Gasteiger partial charge is 0.218 e. The van der Waals surface area contributed by atoms with Crippen LogP contribution in [0.15, 0.2) is 48.8 Å². The molecule has 0 saturated heterocycles. The van der Waals surface area contributed by atoms with Crippen molar-refractivity contribution in [2.75, 3.05) is 7.05 Å². The maximum Gasteiger partial charge on any atom is 0.218 e. The van der Waals surface area contributed by atoms with Crippen LogP contribution in [0.25, 0.3) is 0 Å². The molecule has 6 heteroatoms. The van der Waals surface area contributed by atoms with Crippen LogP contribution in [0.3, 0.4) is 0 Å². The summed E-state index contributed by atoms with van der Waals surface area (Å²) in [6, 6.07) is 12.2. The topological polar surface area (TPSA) is 74.1 Å². The van der Waals surface area contributed by atoms with Gasteiger partial charge in [-0.25, -0.2) is 12.7 Å². The van der Waals surface area contributed by atoms with Crippen molar-refractivity contribution in [3.8, 4) is 6.07 Å². The summed E-state index contributed by atoms with van der Waals surface area (Å²) in [5.41, 5.74) is 2.01. The summed E-state index contributed by atoms with van der Waals surface area (Å²) in [4.78, 5) is 3.97. The second kappa shape index (κ2) is 6.48. The van der Waals surface area contributed by atoms with Crippen molar-refractivity contribution < 1.29 is 8.42 Å². The van der Waals surface area contributed by atoms with Crippen molar-refractivity contribution in [1.82, 2.24) is 9.29 Å². The fourth-order valence-corrected chi connectivity index (χ4v) is 3.02. The van der Waals surface area contributed by atoms with E-state index in [1.165, 1.54) is 4.31 Å². The molecule has 0 bridgehead atoms. The summed E-state index contributed by atoms with van der Waals surface area (Å²) in [6.07, 6.45) is 3.29. The van der Waals surface area contributed by atoms with E-state index in [1.807, 2.05) is 12.1 Å². The molecule has 1 aromatic carbocycles. The zero-order chi connectivity index (χ0) is 15.3. The Kier molecular flexibility index (Phi) is 4.68. The second-order valence-corrected chi connectivity index (χ2v) is 6.76. The monoisotopic (exact) mass is 301 g/mol. The van der Waals surface area contributed by atoms with Gasteiger partial charge in [0.15, 0.2) is 0 Å². The molecule has 0 saturated carbocycles. The van der Waals surface area contributed by atoms with E-state index in [0.29, 0.717) is 11.1 Å². The lowest BCUT2D eigenvalue weighted by Crippen LogP contribution is -2.27. The Bertz CT molecular complexity index is 735. The van der Waals surface area contributed by atoms with Gasteiger partial charge in [0.25, 0.3) is 0 Å². The molecule has 0 amide bonds. The fourth-order valence-electron chi connectivity index (χ4n) is 1.84. The number of pyridine rings is 1. The first-order valence-electron chi connectivity index (χ1n) is 6.33. The highest BCUT2D eigenvalue weighted by Gasteiger charge is 2.18. The normalized spacial score (nSPS) is 11.3. The van der Waals surface area contributed by atoms with Gasteiger partial charge < -0.3 is 0 Å². The van der Waals surface area contributed by atoms with Gasteiger partial charge in [-0.1, -0.05) is 18.2 Å². The van der Waals surface area contributed by atoms with Crippen molar-refractivity contribution in [1.29, 1.82) is 5.26 Å². The first-order chi connectivity index (χ1) is 10.0. The van der Waals surface area contributed by atoms with Gasteiger partial charge in [-0.15, -0.1) is 0 Å². The molecule has 0 aliphatic carbocycles. The number of nitrogens with zero attached hydrogens (tertiary/aromatic N) is 3. The highest BCUT2D eigenvalue weighted by Crippen LogP contribution is 2.13. The molecule has 0 radical (unpaired) electrons. The van der Waals surface area contributed by atoms with Crippen LogP contribution in [0, 0.1) is 11.3 Å². The lowest BCUT2D eigenvalue weighted by atomic mass is 10.2. The molecule has 0 unspecified atom stereocenters. The van der Waals surface area contributed by atoms with Gasteiger partial charge in [0.2, 0.25) is 10.0 Å². The molecular weight excluding hydrogens is 286 g/mol. The Hall–Kier alpha value is -2.23.